The molecule has 0 aliphatic heterocycles. The van der Waals surface area contributed by atoms with E-state index in [4.69, 9.17) is 4.52 Å². The number of carbonyl (C=O) groups excluding carboxylic acids is 1. The van der Waals surface area contributed by atoms with Gasteiger partial charge in [0.05, 0.1) is 11.4 Å². The van der Waals surface area contributed by atoms with Gasteiger partial charge in [0.1, 0.15) is 0 Å². The van der Waals surface area contributed by atoms with Gasteiger partial charge >= 0.3 is 0 Å². The Morgan fingerprint density at radius 3 is 2.77 bits per heavy atom. The summed E-state index contributed by atoms with van der Waals surface area (Å²) in [4.78, 5) is 21.3. The Kier molecular flexibility index (Phi) is 6.79. The van der Waals surface area contributed by atoms with Crippen LogP contribution in [0.4, 0.5) is 5.69 Å². The molecular weight excluding hydrogens is 428 g/mol. The van der Waals surface area contributed by atoms with E-state index in [1.165, 1.54) is 0 Å². The highest BCUT2D eigenvalue weighted by Crippen LogP contribution is 2.29. The maximum Gasteiger partial charge on any atom is 0.227 e. The van der Waals surface area contributed by atoms with Gasteiger partial charge in [-0.1, -0.05) is 59.4 Å². The maximum atomic E-state index is 12.3. The predicted molar refractivity (Wildman–Crippen MR) is 124 cm³/mol. The number of benzene rings is 2. The van der Waals surface area contributed by atoms with Gasteiger partial charge in [0, 0.05) is 29.5 Å². The third-order valence-corrected chi connectivity index (χ3v) is 6.85. The Labute approximate surface area is 189 Å². The smallest absolute Gasteiger partial charge is 0.227 e. The lowest BCUT2D eigenvalue weighted by Gasteiger charge is -2.09. The molecule has 1 N–H and O–H groups in total. The van der Waals surface area contributed by atoms with Gasteiger partial charge in [0.25, 0.3) is 0 Å². The van der Waals surface area contributed by atoms with Crippen LogP contribution < -0.4 is 5.32 Å². The van der Waals surface area contributed by atoms with Crippen molar-refractivity contribution in [3.8, 4) is 11.3 Å². The molecule has 8 heteroatoms. The van der Waals surface area contributed by atoms with Gasteiger partial charge in [-0.3, -0.25) is 4.79 Å². The highest BCUT2D eigenvalue weighted by atomic mass is 32.2. The molecule has 4 aromatic rings. The molecule has 0 fully saturated rings. The summed E-state index contributed by atoms with van der Waals surface area (Å²) in [7, 11) is 0. The lowest BCUT2D eigenvalue weighted by molar-refractivity contribution is -0.116. The first-order valence-corrected chi connectivity index (χ1v) is 11.8. The summed E-state index contributed by atoms with van der Waals surface area (Å²) in [6.45, 7) is 4.02. The molecule has 2 aromatic heterocycles. The van der Waals surface area contributed by atoms with E-state index in [2.05, 4.69) is 20.4 Å². The Morgan fingerprint density at radius 1 is 1.10 bits per heavy atom. The molecule has 1 amide bonds. The fourth-order valence-corrected chi connectivity index (χ4v) is 4.64. The van der Waals surface area contributed by atoms with Crippen LogP contribution in [0.3, 0.4) is 0 Å². The Bertz CT molecular complexity index is 1170. The molecule has 0 aliphatic carbocycles. The van der Waals surface area contributed by atoms with E-state index in [0.717, 1.165) is 32.4 Å². The van der Waals surface area contributed by atoms with Crippen molar-refractivity contribution >= 4 is 34.7 Å². The zero-order chi connectivity index (χ0) is 21.6. The molecule has 0 atom stereocenters. The Hall–Kier alpha value is -2.97. The topological polar surface area (TPSA) is 80.9 Å². The van der Waals surface area contributed by atoms with Crippen LogP contribution in [-0.2, 0) is 17.0 Å². The number of carbonyl (C=O) groups is 1. The number of amides is 1. The first-order valence-electron chi connectivity index (χ1n) is 9.90. The van der Waals surface area contributed by atoms with Crippen LogP contribution in [0.15, 0.2) is 62.8 Å². The first-order chi connectivity index (χ1) is 15.1. The second kappa shape index (κ2) is 9.89. The molecule has 0 radical (unpaired) electrons. The van der Waals surface area contributed by atoms with Crippen molar-refractivity contribution in [1.82, 2.24) is 15.1 Å². The van der Waals surface area contributed by atoms with E-state index in [1.54, 1.807) is 23.1 Å². The number of hydrogen-bond acceptors (Lipinski definition) is 7. The van der Waals surface area contributed by atoms with Crippen LogP contribution in [0.2, 0.25) is 0 Å². The molecule has 0 unspecified atom stereocenters. The number of rotatable bonds is 8. The molecular formula is C23H22N4O2S2. The molecule has 31 heavy (non-hydrogen) atoms. The quantitative estimate of drug-likeness (QED) is 0.348. The molecule has 0 bridgehead atoms. The zero-order valence-corrected chi connectivity index (χ0v) is 18.9. The van der Waals surface area contributed by atoms with Crippen LogP contribution in [0.1, 0.15) is 29.3 Å². The summed E-state index contributed by atoms with van der Waals surface area (Å²) in [5, 5.41) is 9.02. The average molecular weight is 451 g/mol. The number of aryl methyl sites for hydroxylation is 2. The third kappa shape index (κ3) is 5.59. The number of thioether (sulfide) groups is 1. The van der Waals surface area contributed by atoms with Crippen LogP contribution >= 0.6 is 23.1 Å². The Balaban J connectivity index is 1.26. The van der Waals surface area contributed by atoms with Crippen LogP contribution in [-0.4, -0.2) is 21.0 Å². The second-order valence-electron chi connectivity index (χ2n) is 7.05. The minimum absolute atomic E-state index is 0.0703. The first kappa shape index (κ1) is 21.3. The minimum atomic E-state index is -0.0703. The normalized spacial score (nSPS) is 10.9. The number of thiazole rings is 1. The number of anilines is 1. The van der Waals surface area contributed by atoms with E-state index in [0.29, 0.717) is 23.9 Å². The Morgan fingerprint density at radius 2 is 1.94 bits per heavy atom. The molecule has 158 valence electrons. The summed E-state index contributed by atoms with van der Waals surface area (Å²) in [6.07, 6.45) is 0.693. The van der Waals surface area contributed by atoms with Crippen molar-refractivity contribution in [1.29, 1.82) is 0 Å². The van der Waals surface area contributed by atoms with E-state index in [9.17, 15) is 4.79 Å². The van der Waals surface area contributed by atoms with Crippen molar-refractivity contribution in [3.63, 3.8) is 0 Å². The number of aromatic nitrogens is 3. The van der Waals surface area contributed by atoms with Crippen LogP contribution in [0.25, 0.3) is 11.3 Å². The number of nitrogens with one attached hydrogen (secondary N) is 1. The van der Waals surface area contributed by atoms with Gasteiger partial charge in [0.2, 0.25) is 11.8 Å². The number of nitrogens with zero attached hydrogens (tertiary/aromatic N) is 3. The highest BCUT2D eigenvalue weighted by Gasteiger charge is 2.12. The minimum Gasteiger partial charge on any atom is -0.339 e. The number of hydrogen-bond donors (Lipinski definition) is 1. The van der Waals surface area contributed by atoms with Crippen molar-refractivity contribution < 1.29 is 9.32 Å². The zero-order valence-electron chi connectivity index (χ0n) is 17.3. The van der Waals surface area contributed by atoms with Gasteiger partial charge < -0.3 is 9.84 Å². The monoisotopic (exact) mass is 450 g/mol. The standard InChI is InChI=1S/C23H22N4O2S2/c1-15-7-6-10-18(16(15)2)24-21(28)11-12-22-26-20(27-29-22)14-31-23-25-19(13-30-23)17-8-4-3-5-9-17/h3-10,13H,11-12,14H2,1-2H3,(H,24,28). The molecule has 2 aromatic carbocycles. The molecule has 4 rings (SSSR count). The largest absolute Gasteiger partial charge is 0.339 e. The summed E-state index contributed by atoms with van der Waals surface area (Å²) in [6, 6.07) is 16.0. The molecule has 0 saturated carbocycles. The summed E-state index contributed by atoms with van der Waals surface area (Å²) >= 11 is 3.17. The average Bonchev–Trinajstić information content (AvgIpc) is 3.44. The highest BCUT2D eigenvalue weighted by molar-refractivity contribution is 8.00. The van der Waals surface area contributed by atoms with Crippen molar-refractivity contribution in [2.24, 2.45) is 0 Å². The van der Waals surface area contributed by atoms with Gasteiger partial charge in [-0.05, 0) is 31.0 Å². The SMILES string of the molecule is Cc1cccc(NC(=O)CCc2nc(CSc3nc(-c4ccccc4)cs3)no2)c1C. The second-order valence-corrected chi connectivity index (χ2v) is 9.13. The van der Waals surface area contributed by atoms with E-state index >= 15 is 0 Å². The van der Waals surface area contributed by atoms with Crippen molar-refractivity contribution in [3.05, 3.63) is 76.8 Å². The van der Waals surface area contributed by atoms with Crippen molar-refractivity contribution in [2.45, 2.75) is 36.8 Å². The van der Waals surface area contributed by atoms with Crippen molar-refractivity contribution in [2.75, 3.05) is 5.32 Å². The molecule has 2 heterocycles. The predicted octanol–water partition coefficient (Wildman–Crippen LogP) is 5.67. The lowest BCUT2D eigenvalue weighted by atomic mass is 10.1. The fraction of sp³-hybridized carbons (Fsp3) is 0.217. The van der Waals surface area contributed by atoms with Gasteiger partial charge in [-0.2, -0.15) is 4.98 Å². The molecule has 0 aliphatic rings. The third-order valence-electron chi connectivity index (χ3n) is 4.83. The summed E-state index contributed by atoms with van der Waals surface area (Å²) in [5.41, 5.74) is 5.13. The fourth-order valence-electron chi connectivity index (χ4n) is 2.96. The van der Waals surface area contributed by atoms with Crippen LogP contribution in [0.5, 0.6) is 0 Å². The van der Waals surface area contributed by atoms with Gasteiger partial charge in [-0.15, -0.1) is 11.3 Å². The summed E-state index contributed by atoms with van der Waals surface area (Å²) < 4.78 is 6.26. The van der Waals surface area contributed by atoms with Gasteiger partial charge in [0.15, 0.2) is 10.2 Å². The molecule has 0 saturated heterocycles. The van der Waals surface area contributed by atoms with Gasteiger partial charge in [-0.25, -0.2) is 4.98 Å². The summed E-state index contributed by atoms with van der Waals surface area (Å²) in [5.74, 6) is 1.57. The lowest BCUT2D eigenvalue weighted by Crippen LogP contribution is -2.13. The maximum absolute atomic E-state index is 12.3. The molecule has 0 spiro atoms. The van der Waals surface area contributed by atoms with Crippen LogP contribution in [0, 0.1) is 13.8 Å². The van der Waals surface area contributed by atoms with E-state index in [1.807, 2.05) is 67.8 Å². The van der Waals surface area contributed by atoms with E-state index in [-0.39, 0.29) is 12.3 Å². The molecule has 6 nitrogen and oxygen atoms in total. The van der Waals surface area contributed by atoms with E-state index < -0.39 is 0 Å².